The van der Waals surface area contributed by atoms with Crippen molar-refractivity contribution in [1.29, 1.82) is 0 Å². The average molecular weight is 245 g/mol. The van der Waals surface area contributed by atoms with Crippen LogP contribution in [-0.4, -0.2) is 42.1 Å². The highest BCUT2D eigenvalue weighted by Crippen LogP contribution is 2.22. The number of anilines is 1. The number of ether oxygens (including phenoxy) is 1. The Morgan fingerprint density at radius 2 is 2.11 bits per heavy atom. The summed E-state index contributed by atoms with van der Waals surface area (Å²) in [5.41, 5.74) is 7.95. The summed E-state index contributed by atoms with van der Waals surface area (Å²) >= 11 is 0. The molecule has 1 aromatic carbocycles. The number of nitrogens with one attached hydrogen (secondary N) is 1. The lowest BCUT2D eigenvalue weighted by Gasteiger charge is -2.26. The van der Waals surface area contributed by atoms with Gasteiger partial charge in [-0.05, 0) is 12.1 Å². The van der Waals surface area contributed by atoms with Crippen LogP contribution in [0, 0.1) is 0 Å². The molecule has 0 spiro atoms. The van der Waals surface area contributed by atoms with Crippen molar-refractivity contribution in [2.45, 2.75) is 0 Å². The maximum Gasteiger partial charge on any atom is 0.270 e. The first-order chi connectivity index (χ1) is 8.75. The number of carbonyl (C=O) groups excluding carboxylic acids is 1. The molecule has 0 unspecified atom stereocenters. The highest BCUT2D eigenvalue weighted by Gasteiger charge is 2.20. The van der Waals surface area contributed by atoms with Crippen LogP contribution in [-0.2, 0) is 4.74 Å². The Morgan fingerprint density at radius 3 is 2.83 bits per heavy atom. The number of amides is 1. The number of nitrogen functional groups attached to an aromatic ring is 1. The number of fused-ring (bicyclic) bond motifs is 1. The van der Waals surface area contributed by atoms with Gasteiger partial charge < -0.3 is 20.4 Å². The summed E-state index contributed by atoms with van der Waals surface area (Å²) in [6.07, 6.45) is 0. The average Bonchev–Trinajstić information content (AvgIpc) is 2.84. The van der Waals surface area contributed by atoms with E-state index in [1.807, 2.05) is 24.3 Å². The first-order valence-corrected chi connectivity index (χ1v) is 6.00. The molecule has 2 heterocycles. The second-order valence-corrected chi connectivity index (χ2v) is 4.40. The van der Waals surface area contributed by atoms with Gasteiger partial charge in [-0.3, -0.25) is 4.79 Å². The minimum atomic E-state index is 0.00824. The first kappa shape index (κ1) is 11.1. The molecule has 0 atom stereocenters. The van der Waals surface area contributed by atoms with Crippen molar-refractivity contribution in [3.05, 3.63) is 30.0 Å². The van der Waals surface area contributed by atoms with Crippen LogP contribution in [0.2, 0.25) is 0 Å². The van der Waals surface area contributed by atoms with Gasteiger partial charge in [0.25, 0.3) is 5.91 Å². The topological polar surface area (TPSA) is 71.3 Å². The number of rotatable bonds is 1. The molecule has 5 heteroatoms. The van der Waals surface area contributed by atoms with E-state index in [4.69, 9.17) is 10.5 Å². The molecular weight excluding hydrogens is 230 g/mol. The van der Waals surface area contributed by atoms with Gasteiger partial charge >= 0.3 is 0 Å². The zero-order chi connectivity index (χ0) is 12.5. The molecular formula is C13H15N3O2. The van der Waals surface area contributed by atoms with Gasteiger partial charge in [0.05, 0.1) is 24.4 Å². The molecule has 1 aliphatic rings. The Kier molecular flexibility index (Phi) is 2.68. The van der Waals surface area contributed by atoms with E-state index in [1.54, 1.807) is 4.90 Å². The SMILES string of the molecule is Nc1cccc2cc(C(=O)N3CCOCC3)[nH]c12. The molecule has 94 valence electrons. The number of benzene rings is 1. The van der Waals surface area contributed by atoms with E-state index >= 15 is 0 Å². The summed E-state index contributed by atoms with van der Waals surface area (Å²) in [4.78, 5) is 17.2. The predicted molar refractivity (Wildman–Crippen MR) is 69.4 cm³/mol. The molecule has 3 rings (SSSR count). The lowest BCUT2D eigenvalue weighted by molar-refractivity contribution is 0.0299. The molecule has 1 saturated heterocycles. The van der Waals surface area contributed by atoms with Gasteiger partial charge in [-0.25, -0.2) is 0 Å². The lowest BCUT2D eigenvalue weighted by Crippen LogP contribution is -2.40. The smallest absolute Gasteiger partial charge is 0.270 e. The molecule has 0 aliphatic carbocycles. The van der Waals surface area contributed by atoms with Crippen LogP contribution in [0.5, 0.6) is 0 Å². The molecule has 0 saturated carbocycles. The van der Waals surface area contributed by atoms with Gasteiger partial charge in [0.15, 0.2) is 0 Å². The number of morpholine rings is 1. The van der Waals surface area contributed by atoms with Crippen LogP contribution in [0.3, 0.4) is 0 Å². The summed E-state index contributed by atoms with van der Waals surface area (Å²) in [5.74, 6) is 0.00824. The molecule has 18 heavy (non-hydrogen) atoms. The largest absolute Gasteiger partial charge is 0.397 e. The van der Waals surface area contributed by atoms with E-state index in [9.17, 15) is 4.79 Å². The van der Waals surface area contributed by atoms with Crippen molar-refractivity contribution in [1.82, 2.24) is 9.88 Å². The van der Waals surface area contributed by atoms with Crippen LogP contribution >= 0.6 is 0 Å². The number of nitrogens with two attached hydrogens (primary N) is 1. The van der Waals surface area contributed by atoms with Gasteiger partial charge in [-0.2, -0.15) is 0 Å². The van der Waals surface area contributed by atoms with E-state index in [-0.39, 0.29) is 5.91 Å². The van der Waals surface area contributed by atoms with E-state index < -0.39 is 0 Å². The summed E-state index contributed by atoms with van der Waals surface area (Å²) < 4.78 is 5.24. The minimum Gasteiger partial charge on any atom is -0.397 e. The van der Waals surface area contributed by atoms with E-state index in [0.717, 1.165) is 10.9 Å². The number of H-pyrrole nitrogens is 1. The van der Waals surface area contributed by atoms with Gasteiger partial charge in [0.2, 0.25) is 0 Å². The van der Waals surface area contributed by atoms with Crippen LogP contribution in [0.25, 0.3) is 10.9 Å². The van der Waals surface area contributed by atoms with Gasteiger partial charge in [-0.15, -0.1) is 0 Å². The zero-order valence-electron chi connectivity index (χ0n) is 9.98. The van der Waals surface area contributed by atoms with Crippen LogP contribution in [0.15, 0.2) is 24.3 Å². The quantitative estimate of drug-likeness (QED) is 0.742. The Labute approximate surface area is 105 Å². The maximum atomic E-state index is 12.3. The van der Waals surface area contributed by atoms with Gasteiger partial charge in [0.1, 0.15) is 5.69 Å². The number of aromatic nitrogens is 1. The summed E-state index contributed by atoms with van der Waals surface area (Å²) in [6, 6.07) is 7.50. The molecule has 1 aliphatic heterocycles. The van der Waals surface area contributed by atoms with Crippen molar-refractivity contribution in [3.63, 3.8) is 0 Å². The van der Waals surface area contributed by atoms with Crippen molar-refractivity contribution in [3.8, 4) is 0 Å². The molecule has 1 aromatic heterocycles. The van der Waals surface area contributed by atoms with Gasteiger partial charge in [-0.1, -0.05) is 12.1 Å². The van der Waals surface area contributed by atoms with Crippen molar-refractivity contribution in [2.24, 2.45) is 0 Å². The Hall–Kier alpha value is -2.01. The fourth-order valence-corrected chi connectivity index (χ4v) is 2.23. The van der Waals surface area contributed by atoms with E-state index in [1.165, 1.54) is 0 Å². The second-order valence-electron chi connectivity index (χ2n) is 4.40. The molecule has 3 N–H and O–H groups in total. The van der Waals surface area contributed by atoms with Crippen molar-refractivity contribution < 1.29 is 9.53 Å². The maximum absolute atomic E-state index is 12.3. The van der Waals surface area contributed by atoms with Gasteiger partial charge in [0, 0.05) is 18.5 Å². The molecule has 0 radical (unpaired) electrons. The fraction of sp³-hybridized carbons (Fsp3) is 0.308. The highest BCUT2D eigenvalue weighted by molar-refractivity contribution is 6.00. The molecule has 1 amide bonds. The monoisotopic (exact) mass is 245 g/mol. The van der Waals surface area contributed by atoms with Crippen LogP contribution in [0.4, 0.5) is 5.69 Å². The van der Waals surface area contributed by atoms with E-state index in [2.05, 4.69) is 4.98 Å². The third-order valence-corrected chi connectivity index (χ3v) is 3.22. The Bertz CT molecular complexity index is 585. The third-order valence-electron chi connectivity index (χ3n) is 3.22. The molecule has 2 aromatic rings. The number of hydrogen-bond donors (Lipinski definition) is 2. The summed E-state index contributed by atoms with van der Waals surface area (Å²) in [6.45, 7) is 2.50. The predicted octanol–water partition coefficient (Wildman–Crippen LogP) is 1.22. The number of para-hydroxylation sites is 1. The summed E-state index contributed by atoms with van der Waals surface area (Å²) in [5, 5.41) is 0.964. The van der Waals surface area contributed by atoms with Crippen LogP contribution < -0.4 is 5.73 Å². The normalized spacial score (nSPS) is 16.1. The number of hydrogen-bond acceptors (Lipinski definition) is 3. The Balaban J connectivity index is 1.94. The second kappa shape index (κ2) is 4.34. The number of aromatic amines is 1. The molecule has 0 bridgehead atoms. The van der Waals surface area contributed by atoms with Crippen molar-refractivity contribution in [2.75, 3.05) is 32.0 Å². The fourth-order valence-electron chi connectivity index (χ4n) is 2.23. The standard InChI is InChI=1S/C13H15N3O2/c14-10-3-1-2-9-8-11(15-12(9)10)13(17)16-4-6-18-7-5-16/h1-3,8,15H,4-7,14H2. The molecule has 1 fully saturated rings. The number of nitrogens with zero attached hydrogens (tertiary/aromatic N) is 1. The summed E-state index contributed by atoms with van der Waals surface area (Å²) in [7, 11) is 0. The van der Waals surface area contributed by atoms with Crippen LogP contribution in [0.1, 0.15) is 10.5 Å². The first-order valence-electron chi connectivity index (χ1n) is 6.00. The minimum absolute atomic E-state index is 0.00824. The highest BCUT2D eigenvalue weighted by atomic mass is 16.5. The van der Waals surface area contributed by atoms with Crippen molar-refractivity contribution >= 4 is 22.5 Å². The molecule has 5 nitrogen and oxygen atoms in total. The lowest BCUT2D eigenvalue weighted by atomic mass is 10.2. The van der Waals surface area contributed by atoms with E-state index in [0.29, 0.717) is 37.7 Å². The zero-order valence-corrected chi connectivity index (χ0v) is 9.98. The Morgan fingerprint density at radius 1 is 1.33 bits per heavy atom. The number of carbonyl (C=O) groups is 1. The third kappa shape index (κ3) is 1.82.